The molecule has 1 saturated carbocycles. The van der Waals surface area contributed by atoms with Crippen molar-refractivity contribution in [1.82, 2.24) is 5.32 Å². The third-order valence-corrected chi connectivity index (χ3v) is 2.00. The van der Waals surface area contributed by atoms with Gasteiger partial charge in [0.1, 0.15) is 0 Å². The maximum atomic E-state index is 11.1. The van der Waals surface area contributed by atoms with Gasteiger partial charge in [0.15, 0.2) is 0 Å². The number of carbonyl (C=O) groups excluding carboxylic acids is 1. The summed E-state index contributed by atoms with van der Waals surface area (Å²) in [5, 5.41) is 2.81. The summed E-state index contributed by atoms with van der Waals surface area (Å²) in [5.74, 6) is 0.172. The van der Waals surface area contributed by atoms with Gasteiger partial charge in [-0.25, -0.2) is 0 Å². The predicted octanol–water partition coefficient (Wildman–Crippen LogP) is -0.514. The fourth-order valence-electron chi connectivity index (χ4n) is 1.08. The van der Waals surface area contributed by atoms with Crippen LogP contribution in [0.1, 0.15) is 12.8 Å². The summed E-state index contributed by atoms with van der Waals surface area (Å²) in [6.45, 7) is 1.38. The number of carbonyl (C=O) groups is 1. The van der Waals surface area contributed by atoms with Crippen LogP contribution < -0.4 is 11.1 Å². The first-order valence-corrected chi connectivity index (χ1v) is 4.28. The molecule has 0 aliphatic heterocycles. The van der Waals surface area contributed by atoms with Crippen molar-refractivity contribution in [3.8, 4) is 0 Å². The summed E-state index contributed by atoms with van der Waals surface area (Å²) in [7, 11) is 1.65. The average Bonchev–Trinajstić information content (AvgIpc) is 2.76. The largest absolute Gasteiger partial charge is 0.385 e. The Morgan fingerprint density at radius 1 is 1.75 bits per heavy atom. The van der Waals surface area contributed by atoms with Crippen LogP contribution in [0.5, 0.6) is 0 Å². The van der Waals surface area contributed by atoms with Crippen LogP contribution in [0.3, 0.4) is 0 Å². The molecule has 0 saturated heterocycles. The Labute approximate surface area is 72.5 Å². The Morgan fingerprint density at radius 3 is 2.92 bits per heavy atom. The molecule has 0 bridgehead atoms. The van der Waals surface area contributed by atoms with Crippen LogP contribution in [0, 0.1) is 5.92 Å². The van der Waals surface area contributed by atoms with Gasteiger partial charge in [-0.15, -0.1) is 0 Å². The zero-order valence-corrected chi connectivity index (χ0v) is 7.38. The van der Waals surface area contributed by atoms with Crippen molar-refractivity contribution in [2.24, 2.45) is 11.7 Å². The minimum Gasteiger partial charge on any atom is -0.385 e. The second-order valence-corrected chi connectivity index (χ2v) is 3.14. The molecule has 2 unspecified atom stereocenters. The molecule has 1 fully saturated rings. The van der Waals surface area contributed by atoms with Crippen LogP contribution in [-0.2, 0) is 9.53 Å². The third-order valence-electron chi connectivity index (χ3n) is 2.00. The van der Waals surface area contributed by atoms with Gasteiger partial charge in [0.2, 0.25) is 5.91 Å². The Kier molecular flexibility index (Phi) is 3.49. The first-order valence-electron chi connectivity index (χ1n) is 4.28. The zero-order chi connectivity index (χ0) is 8.97. The van der Waals surface area contributed by atoms with Gasteiger partial charge < -0.3 is 15.8 Å². The normalized spacial score (nSPS) is 26.8. The van der Waals surface area contributed by atoms with E-state index in [1.165, 1.54) is 0 Å². The number of rotatable bonds is 5. The molecule has 1 aliphatic rings. The van der Waals surface area contributed by atoms with E-state index in [0.29, 0.717) is 13.2 Å². The third kappa shape index (κ3) is 2.79. The Balaban J connectivity index is 1.96. The van der Waals surface area contributed by atoms with Crippen LogP contribution in [-0.4, -0.2) is 32.2 Å². The molecule has 0 aromatic heterocycles. The molecule has 1 amide bonds. The molecule has 1 aliphatic carbocycles. The van der Waals surface area contributed by atoms with E-state index in [-0.39, 0.29) is 17.9 Å². The van der Waals surface area contributed by atoms with E-state index in [0.717, 1.165) is 12.8 Å². The number of ether oxygens (including phenoxy) is 1. The van der Waals surface area contributed by atoms with Crippen LogP contribution in [0.25, 0.3) is 0 Å². The molecule has 0 radical (unpaired) electrons. The summed E-state index contributed by atoms with van der Waals surface area (Å²) in [6.07, 6.45) is 1.71. The highest BCUT2D eigenvalue weighted by atomic mass is 16.5. The van der Waals surface area contributed by atoms with E-state index in [4.69, 9.17) is 10.5 Å². The van der Waals surface area contributed by atoms with Gasteiger partial charge in [0.25, 0.3) is 0 Å². The van der Waals surface area contributed by atoms with Gasteiger partial charge in [0.05, 0.1) is 5.92 Å². The SMILES string of the molecule is COCCCNC(=O)C1CC1N. The summed E-state index contributed by atoms with van der Waals surface area (Å²) < 4.78 is 4.84. The first-order chi connectivity index (χ1) is 5.75. The summed E-state index contributed by atoms with van der Waals surface area (Å²) in [4.78, 5) is 11.1. The Morgan fingerprint density at radius 2 is 2.42 bits per heavy atom. The lowest BCUT2D eigenvalue weighted by atomic mass is 10.3. The van der Waals surface area contributed by atoms with E-state index in [1.807, 2.05) is 0 Å². The van der Waals surface area contributed by atoms with Crippen molar-refractivity contribution in [3.05, 3.63) is 0 Å². The van der Waals surface area contributed by atoms with Crippen molar-refractivity contribution in [2.75, 3.05) is 20.3 Å². The fourth-order valence-corrected chi connectivity index (χ4v) is 1.08. The molecule has 0 aromatic rings. The highest BCUT2D eigenvalue weighted by molar-refractivity contribution is 5.82. The van der Waals surface area contributed by atoms with Gasteiger partial charge in [-0.3, -0.25) is 4.79 Å². The second kappa shape index (κ2) is 4.42. The number of amides is 1. The lowest BCUT2D eigenvalue weighted by Gasteiger charge is -2.02. The molecule has 12 heavy (non-hydrogen) atoms. The molecule has 0 aromatic carbocycles. The maximum absolute atomic E-state index is 11.1. The molecule has 4 nitrogen and oxygen atoms in total. The van der Waals surface area contributed by atoms with Crippen LogP contribution >= 0.6 is 0 Å². The minimum atomic E-state index is 0.0764. The second-order valence-electron chi connectivity index (χ2n) is 3.14. The van der Waals surface area contributed by atoms with E-state index < -0.39 is 0 Å². The molecule has 0 spiro atoms. The molecule has 1 rings (SSSR count). The highest BCUT2D eigenvalue weighted by Gasteiger charge is 2.39. The van der Waals surface area contributed by atoms with Crippen molar-refractivity contribution >= 4 is 5.91 Å². The van der Waals surface area contributed by atoms with Gasteiger partial charge >= 0.3 is 0 Å². The fraction of sp³-hybridized carbons (Fsp3) is 0.875. The minimum absolute atomic E-state index is 0.0764. The summed E-state index contributed by atoms with van der Waals surface area (Å²) in [6, 6.07) is 0.104. The lowest BCUT2D eigenvalue weighted by molar-refractivity contribution is -0.122. The molecular formula is C8H16N2O2. The quantitative estimate of drug-likeness (QED) is 0.549. The summed E-state index contributed by atoms with van der Waals surface area (Å²) >= 11 is 0. The van der Waals surface area contributed by atoms with Crippen LogP contribution in [0.15, 0.2) is 0 Å². The van der Waals surface area contributed by atoms with Crippen LogP contribution in [0.2, 0.25) is 0 Å². The predicted molar refractivity (Wildman–Crippen MR) is 45.6 cm³/mol. The topological polar surface area (TPSA) is 64.3 Å². The molecule has 3 N–H and O–H groups in total. The van der Waals surface area contributed by atoms with E-state index in [9.17, 15) is 4.79 Å². The van der Waals surface area contributed by atoms with Gasteiger partial charge in [-0.05, 0) is 12.8 Å². The maximum Gasteiger partial charge on any atom is 0.224 e. The Hall–Kier alpha value is -0.610. The number of hydrogen-bond acceptors (Lipinski definition) is 3. The molecule has 70 valence electrons. The monoisotopic (exact) mass is 172 g/mol. The van der Waals surface area contributed by atoms with E-state index in [1.54, 1.807) is 7.11 Å². The first kappa shape index (κ1) is 9.48. The van der Waals surface area contributed by atoms with Crippen molar-refractivity contribution < 1.29 is 9.53 Å². The zero-order valence-electron chi connectivity index (χ0n) is 7.38. The molecule has 2 atom stereocenters. The molecule has 4 heteroatoms. The highest BCUT2D eigenvalue weighted by Crippen LogP contribution is 2.27. The van der Waals surface area contributed by atoms with Gasteiger partial charge in [-0.1, -0.05) is 0 Å². The number of hydrogen-bond donors (Lipinski definition) is 2. The van der Waals surface area contributed by atoms with Crippen LogP contribution in [0.4, 0.5) is 0 Å². The average molecular weight is 172 g/mol. The number of methoxy groups -OCH3 is 1. The molecular weight excluding hydrogens is 156 g/mol. The van der Waals surface area contributed by atoms with E-state index >= 15 is 0 Å². The lowest BCUT2D eigenvalue weighted by Crippen LogP contribution is -2.28. The summed E-state index contributed by atoms with van der Waals surface area (Å²) in [5.41, 5.74) is 5.51. The van der Waals surface area contributed by atoms with E-state index in [2.05, 4.69) is 5.32 Å². The smallest absolute Gasteiger partial charge is 0.224 e. The van der Waals surface area contributed by atoms with Crippen molar-refractivity contribution in [3.63, 3.8) is 0 Å². The number of nitrogens with two attached hydrogens (primary N) is 1. The van der Waals surface area contributed by atoms with Crippen molar-refractivity contribution in [2.45, 2.75) is 18.9 Å². The van der Waals surface area contributed by atoms with Gasteiger partial charge in [-0.2, -0.15) is 0 Å². The number of nitrogens with one attached hydrogen (secondary N) is 1. The molecule has 0 heterocycles. The standard InChI is InChI=1S/C8H16N2O2/c1-12-4-2-3-10-8(11)6-5-7(6)9/h6-7H,2-5,9H2,1H3,(H,10,11). The van der Waals surface area contributed by atoms with Gasteiger partial charge in [0, 0.05) is 26.3 Å². The Bertz CT molecular complexity index is 161. The van der Waals surface area contributed by atoms with Crippen molar-refractivity contribution in [1.29, 1.82) is 0 Å².